The third-order valence-electron chi connectivity index (χ3n) is 3.86. The van der Waals surface area contributed by atoms with Gasteiger partial charge in [-0.2, -0.15) is 5.10 Å². The topological polar surface area (TPSA) is 65.1 Å². The zero-order chi connectivity index (χ0) is 15.5. The van der Waals surface area contributed by atoms with Gasteiger partial charge in [-0.3, -0.25) is 14.8 Å². The van der Waals surface area contributed by atoms with Crippen molar-refractivity contribution >= 4 is 17.2 Å². The lowest BCUT2D eigenvalue weighted by atomic mass is 10.2. The number of thiazole rings is 1. The molecule has 1 fully saturated rings. The molecule has 0 bridgehead atoms. The average molecular weight is 323 g/mol. The molecule has 3 rings (SSSR count). The molecule has 0 unspecified atom stereocenters. The molecule has 0 spiro atoms. The molecule has 118 valence electrons. The van der Waals surface area contributed by atoms with Crippen LogP contribution < -0.4 is 0 Å². The third kappa shape index (κ3) is 3.33. The largest absolute Gasteiger partial charge is 0.339 e. The first-order valence-electron chi connectivity index (χ1n) is 7.15. The van der Waals surface area contributed by atoms with E-state index in [4.69, 9.17) is 0 Å². The Morgan fingerprint density at radius 2 is 2.45 bits per heavy atom. The van der Waals surface area contributed by atoms with Crippen molar-refractivity contribution in [1.82, 2.24) is 25.0 Å². The number of nitrogens with zero attached hydrogens (tertiary/aromatic N) is 4. The molecule has 1 aliphatic heterocycles. The van der Waals surface area contributed by atoms with Crippen LogP contribution in [0.3, 0.4) is 0 Å². The number of carbonyl (C=O) groups excluding carboxylic acids is 1. The molecule has 2 aromatic rings. The number of rotatable bonds is 5. The van der Waals surface area contributed by atoms with Crippen LogP contribution in [0.15, 0.2) is 23.8 Å². The first kappa shape index (κ1) is 15.1. The number of halogens is 1. The van der Waals surface area contributed by atoms with Gasteiger partial charge in [-0.05, 0) is 12.5 Å². The van der Waals surface area contributed by atoms with Gasteiger partial charge in [0.1, 0.15) is 16.9 Å². The second-order valence-corrected chi connectivity index (χ2v) is 6.48. The van der Waals surface area contributed by atoms with Crippen molar-refractivity contribution in [2.75, 3.05) is 20.1 Å². The van der Waals surface area contributed by atoms with Crippen molar-refractivity contribution in [3.63, 3.8) is 0 Å². The van der Waals surface area contributed by atoms with E-state index in [-0.39, 0.29) is 11.9 Å². The summed E-state index contributed by atoms with van der Waals surface area (Å²) in [5, 5.41) is 9.34. The average Bonchev–Trinajstić information content (AvgIpc) is 3.22. The van der Waals surface area contributed by atoms with Gasteiger partial charge in [0.05, 0.1) is 6.54 Å². The van der Waals surface area contributed by atoms with Crippen LogP contribution in [0.2, 0.25) is 0 Å². The lowest BCUT2D eigenvalue weighted by molar-refractivity contribution is 0.0744. The maximum absolute atomic E-state index is 13.8. The standard InChI is InChI=1S/C14H18FN5OS/c1-19(14(21)12-2-3-17-18-12)8-11-6-10(15)7-20(11)9-13-16-4-5-22-13/h2-5,10-11H,6-9H2,1H3,(H,17,18)/t10-,11-/m0/s1. The zero-order valence-corrected chi connectivity index (χ0v) is 13.1. The fourth-order valence-electron chi connectivity index (χ4n) is 2.79. The number of alkyl halides is 1. The van der Waals surface area contributed by atoms with Crippen LogP contribution in [0.25, 0.3) is 0 Å². The Morgan fingerprint density at radius 1 is 1.59 bits per heavy atom. The van der Waals surface area contributed by atoms with Crippen LogP contribution in [0.4, 0.5) is 4.39 Å². The van der Waals surface area contributed by atoms with Crippen molar-refractivity contribution in [2.24, 2.45) is 0 Å². The van der Waals surface area contributed by atoms with Crippen LogP contribution in [-0.2, 0) is 6.54 Å². The SMILES string of the molecule is CN(C[C@@H]1C[C@H](F)CN1Cc1nccs1)C(=O)c1ccn[nH]1. The monoisotopic (exact) mass is 323 g/mol. The van der Waals surface area contributed by atoms with Crippen LogP contribution >= 0.6 is 11.3 Å². The summed E-state index contributed by atoms with van der Waals surface area (Å²) in [5.41, 5.74) is 0.448. The van der Waals surface area contributed by atoms with E-state index in [1.165, 1.54) is 0 Å². The summed E-state index contributed by atoms with van der Waals surface area (Å²) in [5.74, 6) is -0.131. The molecule has 1 aliphatic rings. The molecule has 0 radical (unpaired) electrons. The Labute approximate surface area is 132 Å². The van der Waals surface area contributed by atoms with Crippen LogP contribution in [-0.4, -0.2) is 63.2 Å². The maximum Gasteiger partial charge on any atom is 0.271 e. The summed E-state index contributed by atoms with van der Waals surface area (Å²) in [7, 11) is 1.73. The molecule has 22 heavy (non-hydrogen) atoms. The quantitative estimate of drug-likeness (QED) is 0.907. The number of nitrogens with one attached hydrogen (secondary N) is 1. The molecule has 0 aromatic carbocycles. The predicted molar refractivity (Wildman–Crippen MR) is 81.4 cm³/mol. The summed E-state index contributed by atoms with van der Waals surface area (Å²) in [4.78, 5) is 20.2. The maximum atomic E-state index is 13.8. The fraction of sp³-hybridized carbons (Fsp3) is 0.500. The Balaban J connectivity index is 1.63. The van der Waals surface area contributed by atoms with E-state index in [0.717, 1.165) is 5.01 Å². The lowest BCUT2D eigenvalue weighted by Crippen LogP contribution is -2.41. The van der Waals surface area contributed by atoms with Gasteiger partial charge in [0.25, 0.3) is 5.91 Å². The summed E-state index contributed by atoms with van der Waals surface area (Å²) < 4.78 is 13.8. The second kappa shape index (κ2) is 6.53. The van der Waals surface area contributed by atoms with Gasteiger partial charge in [-0.25, -0.2) is 9.37 Å². The van der Waals surface area contributed by atoms with Gasteiger partial charge < -0.3 is 4.90 Å². The zero-order valence-electron chi connectivity index (χ0n) is 12.3. The molecule has 1 N–H and O–H groups in total. The molecule has 6 nitrogen and oxygen atoms in total. The van der Waals surface area contributed by atoms with E-state index < -0.39 is 6.17 Å². The van der Waals surface area contributed by atoms with E-state index >= 15 is 0 Å². The van der Waals surface area contributed by atoms with Gasteiger partial charge in [-0.1, -0.05) is 0 Å². The number of hydrogen-bond acceptors (Lipinski definition) is 5. The van der Waals surface area contributed by atoms with Crippen molar-refractivity contribution in [3.8, 4) is 0 Å². The number of likely N-dealkylation sites (N-methyl/N-ethyl adjacent to an activating group) is 1. The highest BCUT2D eigenvalue weighted by Gasteiger charge is 2.34. The summed E-state index contributed by atoms with van der Waals surface area (Å²) >= 11 is 1.57. The Hall–Kier alpha value is -1.80. The Kier molecular flexibility index (Phi) is 4.49. The molecule has 0 aliphatic carbocycles. The van der Waals surface area contributed by atoms with Gasteiger partial charge in [0, 0.05) is 44.0 Å². The first-order valence-corrected chi connectivity index (χ1v) is 8.03. The number of amides is 1. The summed E-state index contributed by atoms with van der Waals surface area (Å²) in [6, 6.07) is 1.65. The minimum absolute atomic E-state index is 0.00997. The number of likely N-dealkylation sites (tertiary alicyclic amines) is 1. The second-order valence-electron chi connectivity index (χ2n) is 5.50. The number of carbonyl (C=O) groups is 1. The number of aromatic amines is 1. The van der Waals surface area contributed by atoms with E-state index in [1.807, 2.05) is 5.38 Å². The normalized spacial score (nSPS) is 22.1. The van der Waals surface area contributed by atoms with Gasteiger partial charge in [0.2, 0.25) is 0 Å². The van der Waals surface area contributed by atoms with Crippen molar-refractivity contribution in [1.29, 1.82) is 0 Å². The number of hydrogen-bond donors (Lipinski definition) is 1. The van der Waals surface area contributed by atoms with Gasteiger partial charge >= 0.3 is 0 Å². The number of H-pyrrole nitrogens is 1. The fourth-order valence-corrected chi connectivity index (χ4v) is 3.43. The summed E-state index contributed by atoms with van der Waals surface area (Å²) in [6.07, 6.45) is 2.90. The smallest absolute Gasteiger partial charge is 0.271 e. The van der Waals surface area contributed by atoms with Crippen LogP contribution in [0.1, 0.15) is 21.9 Å². The van der Waals surface area contributed by atoms with Crippen molar-refractivity contribution in [3.05, 3.63) is 34.5 Å². The molecule has 3 heterocycles. The first-order chi connectivity index (χ1) is 10.6. The van der Waals surface area contributed by atoms with Crippen LogP contribution in [0, 0.1) is 0 Å². The molecule has 8 heteroatoms. The predicted octanol–water partition coefficient (Wildman–Crippen LogP) is 1.55. The van der Waals surface area contributed by atoms with E-state index in [0.29, 0.717) is 31.7 Å². The Bertz CT molecular complexity index is 603. The van der Waals surface area contributed by atoms with E-state index in [2.05, 4.69) is 20.1 Å². The molecule has 1 saturated heterocycles. The van der Waals surface area contributed by atoms with Gasteiger partial charge in [-0.15, -0.1) is 11.3 Å². The minimum Gasteiger partial charge on any atom is -0.339 e. The third-order valence-corrected chi connectivity index (χ3v) is 4.63. The molecule has 0 saturated carbocycles. The molecule has 1 amide bonds. The minimum atomic E-state index is -0.847. The van der Waals surface area contributed by atoms with Crippen LogP contribution in [0.5, 0.6) is 0 Å². The summed E-state index contributed by atoms with van der Waals surface area (Å²) in [6.45, 7) is 1.52. The van der Waals surface area contributed by atoms with Gasteiger partial charge in [0.15, 0.2) is 0 Å². The van der Waals surface area contributed by atoms with Crippen molar-refractivity contribution in [2.45, 2.75) is 25.2 Å². The van der Waals surface area contributed by atoms with E-state index in [1.54, 1.807) is 41.7 Å². The number of aromatic nitrogens is 3. The highest BCUT2D eigenvalue weighted by molar-refractivity contribution is 7.09. The lowest BCUT2D eigenvalue weighted by Gasteiger charge is -2.27. The van der Waals surface area contributed by atoms with Crippen molar-refractivity contribution < 1.29 is 9.18 Å². The molecule has 2 atom stereocenters. The highest BCUT2D eigenvalue weighted by Crippen LogP contribution is 2.24. The Morgan fingerprint density at radius 3 is 3.14 bits per heavy atom. The molecular formula is C14H18FN5OS. The highest BCUT2D eigenvalue weighted by atomic mass is 32.1. The molecular weight excluding hydrogens is 305 g/mol. The molecule has 2 aromatic heterocycles. The van der Waals surface area contributed by atoms with E-state index in [9.17, 15) is 9.18 Å².